The Morgan fingerprint density at radius 1 is 0.957 bits per heavy atom. The van der Waals surface area contributed by atoms with Gasteiger partial charge in [-0.05, 0) is 71.4 Å². The van der Waals surface area contributed by atoms with Crippen molar-refractivity contribution < 1.29 is 33.0 Å². The van der Waals surface area contributed by atoms with E-state index in [0.717, 1.165) is 17.7 Å². The molecule has 0 aromatic heterocycles. The molecule has 2 aromatic carbocycles. The molecule has 2 aromatic rings. The molecule has 258 valence electrons. The minimum atomic E-state index is -0.985. The van der Waals surface area contributed by atoms with Crippen molar-refractivity contribution in [3.8, 4) is 5.75 Å². The highest BCUT2D eigenvalue weighted by molar-refractivity contribution is 5.92. The van der Waals surface area contributed by atoms with E-state index in [1.54, 1.807) is 7.11 Å². The second kappa shape index (κ2) is 18.3. The van der Waals surface area contributed by atoms with Crippen molar-refractivity contribution in [2.45, 2.75) is 98.3 Å². The third-order valence-electron chi connectivity index (χ3n) is 8.42. The molecule has 0 aliphatic carbocycles. The average Bonchev–Trinajstić information content (AvgIpc) is 2.97. The standard InChI is InChI=1S/C36H55F2N3O5/c1-22(2)25(18-34(43)41-31-19-26(36(5,6)7)11-13-33(31)46-15-9-14-45-8)17-30(39)32(42)20-27(23(3)4)35(44)40-21-24-10-12-28(37)29(38)16-24/h10-13,16,19,22-23,25,27,30,32,42H,9,14-15,17-18,20-21,39H2,1-8H3,(H,40,44)(H,41,43)/t25-,27+,30+,32+/m1/s1. The van der Waals surface area contributed by atoms with Crippen LogP contribution in [0, 0.1) is 35.3 Å². The number of hydrogen-bond acceptors (Lipinski definition) is 6. The number of anilines is 1. The Kier molecular flexibility index (Phi) is 15.6. The van der Waals surface area contributed by atoms with Gasteiger partial charge in [0.05, 0.1) is 18.4 Å². The van der Waals surface area contributed by atoms with E-state index in [-0.39, 0.29) is 54.4 Å². The summed E-state index contributed by atoms with van der Waals surface area (Å²) in [5, 5.41) is 16.9. The van der Waals surface area contributed by atoms with Gasteiger partial charge in [-0.3, -0.25) is 9.59 Å². The fourth-order valence-corrected chi connectivity index (χ4v) is 5.23. The van der Waals surface area contributed by atoms with Crippen LogP contribution in [0.15, 0.2) is 36.4 Å². The number of nitrogens with one attached hydrogen (secondary N) is 2. The van der Waals surface area contributed by atoms with Gasteiger partial charge in [0.15, 0.2) is 11.6 Å². The van der Waals surface area contributed by atoms with Gasteiger partial charge in [-0.15, -0.1) is 0 Å². The molecule has 0 fully saturated rings. The summed E-state index contributed by atoms with van der Waals surface area (Å²) >= 11 is 0. The molecular formula is C36H55F2N3O5. The number of methoxy groups -OCH3 is 1. The van der Waals surface area contributed by atoms with E-state index in [4.69, 9.17) is 15.2 Å². The molecule has 2 amide bonds. The van der Waals surface area contributed by atoms with Crippen LogP contribution in [-0.4, -0.2) is 49.4 Å². The maximum atomic E-state index is 13.6. The highest BCUT2D eigenvalue weighted by Gasteiger charge is 2.30. The maximum Gasteiger partial charge on any atom is 0.224 e. The lowest BCUT2D eigenvalue weighted by atomic mass is 9.82. The third kappa shape index (κ3) is 12.6. The van der Waals surface area contributed by atoms with Crippen LogP contribution in [0.3, 0.4) is 0 Å². The summed E-state index contributed by atoms with van der Waals surface area (Å²) in [5.74, 6) is -2.49. The molecule has 46 heavy (non-hydrogen) atoms. The van der Waals surface area contributed by atoms with Gasteiger partial charge in [0.25, 0.3) is 0 Å². The van der Waals surface area contributed by atoms with Gasteiger partial charge in [-0.2, -0.15) is 0 Å². The largest absolute Gasteiger partial charge is 0.491 e. The van der Waals surface area contributed by atoms with E-state index in [1.807, 2.05) is 45.9 Å². The van der Waals surface area contributed by atoms with Crippen LogP contribution < -0.4 is 21.1 Å². The minimum Gasteiger partial charge on any atom is -0.491 e. The van der Waals surface area contributed by atoms with Crippen LogP contribution in [-0.2, 0) is 26.3 Å². The van der Waals surface area contributed by atoms with Crippen molar-refractivity contribution in [2.75, 3.05) is 25.6 Å². The predicted molar refractivity (Wildman–Crippen MR) is 178 cm³/mol. The predicted octanol–water partition coefficient (Wildman–Crippen LogP) is 6.34. The number of benzene rings is 2. The first kappa shape index (κ1) is 39.1. The Morgan fingerprint density at radius 2 is 1.65 bits per heavy atom. The molecule has 0 heterocycles. The molecule has 0 bridgehead atoms. The number of carbonyl (C=O) groups is 2. The fourth-order valence-electron chi connectivity index (χ4n) is 5.23. The zero-order chi connectivity index (χ0) is 34.6. The zero-order valence-corrected chi connectivity index (χ0v) is 28.8. The average molecular weight is 648 g/mol. The van der Waals surface area contributed by atoms with E-state index >= 15 is 0 Å². The number of aliphatic hydroxyl groups is 1. The maximum absolute atomic E-state index is 13.6. The number of carbonyl (C=O) groups excluding carboxylic acids is 2. The van der Waals surface area contributed by atoms with E-state index in [9.17, 15) is 23.5 Å². The minimum absolute atomic E-state index is 0.0322. The van der Waals surface area contributed by atoms with E-state index in [1.165, 1.54) is 6.07 Å². The van der Waals surface area contributed by atoms with Crippen molar-refractivity contribution in [3.63, 3.8) is 0 Å². The monoisotopic (exact) mass is 647 g/mol. The topological polar surface area (TPSA) is 123 Å². The smallest absolute Gasteiger partial charge is 0.224 e. The van der Waals surface area contributed by atoms with Crippen LogP contribution in [0.1, 0.15) is 85.3 Å². The Morgan fingerprint density at radius 3 is 2.24 bits per heavy atom. The van der Waals surface area contributed by atoms with Gasteiger partial charge < -0.3 is 30.9 Å². The molecule has 10 heteroatoms. The molecule has 0 radical (unpaired) electrons. The summed E-state index contributed by atoms with van der Waals surface area (Å²) < 4.78 is 37.9. The van der Waals surface area contributed by atoms with Crippen LogP contribution in [0.4, 0.5) is 14.5 Å². The summed E-state index contributed by atoms with van der Waals surface area (Å²) in [6, 6.07) is 8.65. The summed E-state index contributed by atoms with van der Waals surface area (Å²) in [6.45, 7) is 15.2. The Balaban J connectivity index is 2.06. The Bertz CT molecular complexity index is 1260. The quantitative estimate of drug-likeness (QED) is 0.140. The fraction of sp³-hybridized carbons (Fsp3) is 0.611. The number of aliphatic hydroxyl groups excluding tert-OH is 1. The molecule has 2 rings (SSSR count). The van der Waals surface area contributed by atoms with Crippen molar-refractivity contribution in [1.29, 1.82) is 0 Å². The van der Waals surface area contributed by atoms with Crippen molar-refractivity contribution in [2.24, 2.45) is 29.4 Å². The molecule has 0 aliphatic heterocycles. The Hall–Kier alpha value is -3.08. The first-order valence-corrected chi connectivity index (χ1v) is 16.2. The molecule has 0 aliphatic rings. The van der Waals surface area contributed by atoms with E-state index < -0.39 is 29.7 Å². The lowest BCUT2D eigenvalue weighted by molar-refractivity contribution is -0.127. The van der Waals surface area contributed by atoms with Gasteiger partial charge in [-0.1, -0.05) is 60.6 Å². The first-order valence-electron chi connectivity index (χ1n) is 16.2. The zero-order valence-electron chi connectivity index (χ0n) is 28.8. The lowest BCUT2D eigenvalue weighted by Gasteiger charge is -2.29. The van der Waals surface area contributed by atoms with Crippen LogP contribution in [0.5, 0.6) is 5.75 Å². The second-order valence-electron chi connectivity index (χ2n) is 13.9. The number of ether oxygens (including phenoxy) is 2. The molecule has 0 saturated heterocycles. The van der Waals surface area contributed by atoms with Gasteiger partial charge in [0, 0.05) is 45.1 Å². The summed E-state index contributed by atoms with van der Waals surface area (Å²) in [4.78, 5) is 26.4. The molecular weight excluding hydrogens is 592 g/mol. The third-order valence-corrected chi connectivity index (χ3v) is 8.42. The van der Waals surface area contributed by atoms with E-state index in [0.29, 0.717) is 43.1 Å². The van der Waals surface area contributed by atoms with Gasteiger partial charge in [-0.25, -0.2) is 8.78 Å². The van der Waals surface area contributed by atoms with Gasteiger partial charge in [0.2, 0.25) is 11.8 Å². The number of rotatable bonds is 18. The normalized spacial score (nSPS) is 14.6. The van der Waals surface area contributed by atoms with Crippen LogP contribution >= 0.6 is 0 Å². The SMILES string of the molecule is COCCCOc1ccc(C(C)(C)C)cc1NC(=O)C[C@@H](C[C@H](N)[C@@H](O)C[C@H](C(=O)NCc1ccc(F)c(F)c1)C(C)C)C(C)C. The number of nitrogens with two attached hydrogens (primary N) is 1. The second-order valence-corrected chi connectivity index (χ2v) is 13.9. The number of hydrogen-bond donors (Lipinski definition) is 4. The molecule has 8 nitrogen and oxygen atoms in total. The van der Waals surface area contributed by atoms with Crippen molar-refractivity contribution in [3.05, 3.63) is 59.2 Å². The van der Waals surface area contributed by atoms with Crippen molar-refractivity contribution >= 4 is 17.5 Å². The summed E-state index contributed by atoms with van der Waals surface area (Å²) in [5.41, 5.74) is 8.45. The Labute approximate surface area is 273 Å². The number of halogens is 2. The van der Waals surface area contributed by atoms with Gasteiger partial charge in [0.1, 0.15) is 5.75 Å². The number of amides is 2. The molecule has 0 saturated carbocycles. The molecule has 0 unspecified atom stereocenters. The molecule has 0 spiro atoms. The lowest BCUT2D eigenvalue weighted by Crippen LogP contribution is -2.42. The van der Waals surface area contributed by atoms with Crippen molar-refractivity contribution in [1.82, 2.24) is 5.32 Å². The first-order chi connectivity index (χ1) is 21.5. The summed E-state index contributed by atoms with van der Waals surface area (Å²) in [6.07, 6.45) is 0.442. The molecule has 4 atom stereocenters. The molecule has 5 N–H and O–H groups in total. The van der Waals surface area contributed by atoms with Gasteiger partial charge >= 0.3 is 0 Å². The van der Waals surface area contributed by atoms with E-state index in [2.05, 4.69) is 31.4 Å². The van der Waals surface area contributed by atoms with Crippen LogP contribution in [0.2, 0.25) is 0 Å². The summed E-state index contributed by atoms with van der Waals surface area (Å²) in [7, 11) is 1.64. The highest BCUT2D eigenvalue weighted by atomic mass is 19.2. The van der Waals surface area contributed by atoms with Crippen LogP contribution in [0.25, 0.3) is 0 Å². The highest BCUT2D eigenvalue weighted by Crippen LogP contribution is 2.33.